The maximum absolute atomic E-state index is 11.5. The van der Waals surface area contributed by atoms with E-state index in [1.807, 2.05) is 4.57 Å². The topological polar surface area (TPSA) is 83.5 Å². The van der Waals surface area contributed by atoms with Crippen LogP contribution in [-0.4, -0.2) is 19.5 Å². The number of fused-ring (bicyclic) bond motifs is 1. The van der Waals surface area contributed by atoms with Gasteiger partial charge in [-0.2, -0.15) is 0 Å². The third kappa shape index (κ3) is 1.30. The minimum atomic E-state index is -0.475. The number of nitrogens with zero attached hydrogens (tertiary/aromatic N) is 2. The minimum Gasteiger partial charge on any atom is -0.313 e. The van der Waals surface area contributed by atoms with Crippen molar-refractivity contribution >= 4 is 11.2 Å². The molecule has 0 spiro atoms. The van der Waals surface area contributed by atoms with E-state index in [0.29, 0.717) is 17.2 Å². The molecule has 84 valence electrons. The SMILES string of the molecule is O=c1[nH]c(=O)c2ncn(C3CCCC3)c2[nH]1. The molecular formula is C10H12N4O2. The lowest BCUT2D eigenvalue weighted by Gasteiger charge is -2.10. The van der Waals surface area contributed by atoms with Crippen molar-refractivity contribution in [1.82, 2.24) is 19.5 Å². The number of H-pyrrole nitrogens is 2. The van der Waals surface area contributed by atoms with Gasteiger partial charge in [0.1, 0.15) is 5.65 Å². The van der Waals surface area contributed by atoms with Crippen molar-refractivity contribution in [3.63, 3.8) is 0 Å². The van der Waals surface area contributed by atoms with Crippen molar-refractivity contribution in [3.8, 4) is 0 Å². The number of aromatic amines is 2. The van der Waals surface area contributed by atoms with Crippen molar-refractivity contribution < 1.29 is 0 Å². The Labute approximate surface area is 90.3 Å². The fourth-order valence-electron chi connectivity index (χ4n) is 2.41. The van der Waals surface area contributed by atoms with Crippen LogP contribution in [0.15, 0.2) is 15.9 Å². The van der Waals surface area contributed by atoms with Crippen LogP contribution in [0, 0.1) is 0 Å². The zero-order valence-electron chi connectivity index (χ0n) is 8.69. The van der Waals surface area contributed by atoms with Gasteiger partial charge >= 0.3 is 5.69 Å². The zero-order valence-corrected chi connectivity index (χ0v) is 8.69. The van der Waals surface area contributed by atoms with Gasteiger partial charge in [0, 0.05) is 6.04 Å². The molecule has 1 fully saturated rings. The first kappa shape index (κ1) is 9.38. The van der Waals surface area contributed by atoms with Crippen LogP contribution in [0.5, 0.6) is 0 Å². The van der Waals surface area contributed by atoms with Crippen molar-refractivity contribution in [3.05, 3.63) is 27.2 Å². The number of imidazole rings is 1. The molecule has 1 aliphatic carbocycles. The Morgan fingerprint density at radius 2 is 2.00 bits per heavy atom. The lowest BCUT2D eigenvalue weighted by Crippen LogP contribution is -2.23. The Kier molecular flexibility index (Phi) is 1.95. The third-order valence-corrected chi connectivity index (χ3v) is 3.19. The fourth-order valence-corrected chi connectivity index (χ4v) is 2.41. The second-order valence-corrected chi connectivity index (χ2v) is 4.20. The van der Waals surface area contributed by atoms with Crippen LogP contribution in [0.4, 0.5) is 0 Å². The number of aromatic nitrogens is 4. The van der Waals surface area contributed by atoms with Gasteiger partial charge in [0.2, 0.25) is 0 Å². The summed E-state index contributed by atoms with van der Waals surface area (Å²) < 4.78 is 1.92. The molecule has 6 nitrogen and oxygen atoms in total. The average Bonchev–Trinajstić information content (AvgIpc) is 2.83. The number of rotatable bonds is 1. The second-order valence-electron chi connectivity index (χ2n) is 4.20. The second kappa shape index (κ2) is 3.33. The van der Waals surface area contributed by atoms with E-state index in [4.69, 9.17) is 0 Å². The van der Waals surface area contributed by atoms with Gasteiger partial charge in [-0.25, -0.2) is 9.78 Å². The van der Waals surface area contributed by atoms with Crippen molar-refractivity contribution in [2.45, 2.75) is 31.7 Å². The van der Waals surface area contributed by atoms with E-state index in [-0.39, 0.29) is 0 Å². The molecule has 0 radical (unpaired) electrons. The first-order chi connectivity index (χ1) is 7.75. The van der Waals surface area contributed by atoms with E-state index in [1.54, 1.807) is 6.33 Å². The van der Waals surface area contributed by atoms with Crippen LogP contribution in [0.2, 0.25) is 0 Å². The van der Waals surface area contributed by atoms with Crippen LogP contribution < -0.4 is 11.2 Å². The molecule has 0 amide bonds. The molecule has 1 saturated carbocycles. The van der Waals surface area contributed by atoms with Gasteiger partial charge in [-0.15, -0.1) is 0 Å². The van der Waals surface area contributed by atoms with Gasteiger partial charge in [0.15, 0.2) is 5.52 Å². The van der Waals surface area contributed by atoms with Crippen molar-refractivity contribution in [2.24, 2.45) is 0 Å². The first-order valence-electron chi connectivity index (χ1n) is 5.45. The van der Waals surface area contributed by atoms with Crippen LogP contribution in [0.1, 0.15) is 31.7 Å². The normalized spacial score (nSPS) is 17.2. The molecule has 0 saturated heterocycles. The highest BCUT2D eigenvalue weighted by molar-refractivity contribution is 5.68. The van der Waals surface area contributed by atoms with Crippen LogP contribution in [0.25, 0.3) is 11.2 Å². The summed E-state index contributed by atoms with van der Waals surface area (Å²) in [7, 11) is 0. The van der Waals surface area contributed by atoms with E-state index < -0.39 is 11.2 Å². The Morgan fingerprint density at radius 1 is 1.25 bits per heavy atom. The first-order valence-corrected chi connectivity index (χ1v) is 5.45. The quantitative estimate of drug-likeness (QED) is 0.735. The maximum Gasteiger partial charge on any atom is 0.327 e. The molecule has 1 aliphatic rings. The van der Waals surface area contributed by atoms with Crippen molar-refractivity contribution in [2.75, 3.05) is 0 Å². The summed E-state index contributed by atoms with van der Waals surface area (Å²) in [5, 5.41) is 0. The Bertz CT molecular complexity index is 630. The molecule has 2 heterocycles. The molecule has 0 bridgehead atoms. The van der Waals surface area contributed by atoms with Gasteiger partial charge in [-0.1, -0.05) is 12.8 Å². The summed E-state index contributed by atoms with van der Waals surface area (Å²) in [6, 6.07) is 0.363. The maximum atomic E-state index is 11.5. The van der Waals surface area contributed by atoms with Gasteiger partial charge in [-0.3, -0.25) is 14.8 Å². The summed E-state index contributed by atoms with van der Waals surface area (Å²) >= 11 is 0. The lowest BCUT2D eigenvalue weighted by atomic mass is 10.2. The predicted molar refractivity (Wildman–Crippen MR) is 58.5 cm³/mol. The van der Waals surface area contributed by atoms with E-state index in [0.717, 1.165) is 12.8 Å². The molecule has 0 aliphatic heterocycles. The van der Waals surface area contributed by atoms with E-state index in [1.165, 1.54) is 12.8 Å². The van der Waals surface area contributed by atoms with Gasteiger partial charge < -0.3 is 4.57 Å². The van der Waals surface area contributed by atoms with E-state index in [2.05, 4.69) is 15.0 Å². The van der Waals surface area contributed by atoms with Gasteiger partial charge in [0.05, 0.1) is 6.33 Å². The Balaban J connectivity index is 2.26. The smallest absolute Gasteiger partial charge is 0.313 e. The van der Waals surface area contributed by atoms with Crippen LogP contribution in [0.3, 0.4) is 0 Å². The monoisotopic (exact) mass is 220 g/mol. The molecule has 16 heavy (non-hydrogen) atoms. The Hall–Kier alpha value is -1.85. The largest absolute Gasteiger partial charge is 0.327 e. The molecule has 0 aromatic carbocycles. The summed E-state index contributed by atoms with van der Waals surface area (Å²) in [5.41, 5.74) is -0.0418. The lowest BCUT2D eigenvalue weighted by molar-refractivity contribution is 0.528. The van der Waals surface area contributed by atoms with Gasteiger partial charge in [-0.05, 0) is 12.8 Å². The highest BCUT2D eigenvalue weighted by Crippen LogP contribution is 2.30. The number of hydrogen-bond donors (Lipinski definition) is 2. The summed E-state index contributed by atoms with van der Waals surface area (Å²) in [6.45, 7) is 0. The van der Waals surface area contributed by atoms with Crippen LogP contribution in [-0.2, 0) is 0 Å². The number of hydrogen-bond acceptors (Lipinski definition) is 3. The highest BCUT2D eigenvalue weighted by atomic mass is 16.2. The predicted octanol–water partition coefficient (Wildman–Crippen LogP) is 0.528. The standard InChI is InChI=1S/C10H12N4O2/c15-9-7-8(12-10(16)13-9)14(5-11-7)6-3-1-2-4-6/h5-6H,1-4H2,(H2,12,13,15,16). The summed E-state index contributed by atoms with van der Waals surface area (Å²) in [4.78, 5) is 31.6. The molecule has 0 unspecified atom stereocenters. The molecular weight excluding hydrogens is 208 g/mol. The molecule has 0 atom stereocenters. The zero-order chi connectivity index (χ0) is 11.1. The molecule has 3 rings (SSSR count). The molecule has 6 heteroatoms. The Morgan fingerprint density at radius 3 is 2.75 bits per heavy atom. The van der Waals surface area contributed by atoms with Crippen LogP contribution >= 0.6 is 0 Å². The molecule has 2 aromatic heterocycles. The number of nitrogens with one attached hydrogen (secondary N) is 2. The third-order valence-electron chi connectivity index (χ3n) is 3.19. The van der Waals surface area contributed by atoms with E-state index in [9.17, 15) is 9.59 Å². The van der Waals surface area contributed by atoms with Crippen molar-refractivity contribution in [1.29, 1.82) is 0 Å². The molecule has 2 aromatic rings. The van der Waals surface area contributed by atoms with Gasteiger partial charge in [0.25, 0.3) is 5.56 Å². The minimum absolute atomic E-state index is 0.312. The average molecular weight is 220 g/mol. The highest BCUT2D eigenvalue weighted by Gasteiger charge is 2.19. The molecule has 2 N–H and O–H groups in total. The fraction of sp³-hybridized carbons (Fsp3) is 0.500. The van der Waals surface area contributed by atoms with E-state index >= 15 is 0 Å². The summed E-state index contributed by atoms with van der Waals surface area (Å²) in [6.07, 6.45) is 6.20. The summed E-state index contributed by atoms with van der Waals surface area (Å²) in [5.74, 6) is 0.